The number of sulfonamides is 1. The van der Waals surface area contributed by atoms with E-state index in [2.05, 4.69) is 20.7 Å². The molecule has 7 heteroatoms. The van der Waals surface area contributed by atoms with Gasteiger partial charge in [0, 0.05) is 10.5 Å². The number of hydrogen-bond donors (Lipinski definition) is 2. The van der Waals surface area contributed by atoms with Crippen LogP contribution in [0.2, 0.25) is 0 Å². The van der Waals surface area contributed by atoms with Crippen molar-refractivity contribution in [1.82, 2.24) is 0 Å². The Bertz CT molecular complexity index is 748. The maximum Gasteiger partial charge on any atom is 0.263 e. The van der Waals surface area contributed by atoms with Gasteiger partial charge in [-0.15, -0.1) is 0 Å². The lowest BCUT2D eigenvalue weighted by Gasteiger charge is -2.11. The summed E-state index contributed by atoms with van der Waals surface area (Å²) in [7, 11) is -3.74. The fourth-order valence-electron chi connectivity index (χ4n) is 1.79. The molecule has 0 bridgehead atoms. The van der Waals surface area contributed by atoms with Crippen molar-refractivity contribution in [3.8, 4) is 5.75 Å². The summed E-state index contributed by atoms with van der Waals surface area (Å²) in [6.45, 7) is 2.37. The minimum absolute atomic E-state index is 0.0347. The van der Waals surface area contributed by atoms with E-state index in [1.165, 1.54) is 6.07 Å². The molecular formula is C14H15BrN2O3S. The molecule has 0 unspecified atom stereocenters. The Labute approximate surface area is 132 Å². The lowest BCUT2D eigenvalue weighted by Crippen LogP contribution is -2.14. The first-order valence-corrected chi connectivity index (χ1v) is 8.50. The van der Waals surface area contributed by atoms with Crippen LogP contribution in [-0.2, 0) is 10.0 Å². The highest BCUT2D eigenvalue weighted by Crippen LogP contribution is 2.26. The van der Waals surface area contributed by atoms with Crippen LogP contribution in [0.3, 0.4) is 0 Å². The predicted octanol–water partition coefficient (Wildman–Crippen LogP) is 3.23. The quantitative estimate of drug-likeness (QED) is 0.791. The molecule has 21 heavy (non-hydrogen) atoms. The normalized spacial score (nSPS) is 11.1. The van der Waals surface area contributed by atoms with Crippen molar-refractivity contribution >= 4 is 37.3 Å². The Morgan fingerprint density at radius 1 is 1.24 bits per heavy atom. The van der Waals surface area contributed by atoms with Crippen molar-refractivity contribution in [1.29, 1.82) is 0 Å². The highest BCUT2D eigenvalue weighted by Gasteiger charge is 2.17. The van der Waals surface area contributed by atoms with Crippen molar-refractivity contribution in [2.75, 3.05) is 17.1 Å². The summed E-state index contributed by atoms with van der Waals surface area (Å²) in [6.07, 6.45) is 0. The molecule has 0 aliphatic carbocycles. The average molecular weight is 371 g/mol. The van der Waals surface area contributed by atoms with Crippen LogP contribution >= 0.6 is 15.9 Å². The second-order valence-corrected chi connectivity index (χ2v) is 6.81. The first kappa shape index (κ1) is 15.7. The van der Waals surface area contributed by atoms with Crippen molar-refractivity contribution in [2.24, 2.45) is 0 Å². The van der Waals surface area contributed by atoms with Gasteiger partial charge in [0.1, 0.15) is 10.6 Å². The lowest BCUT2D eigenvalue weighted by molar-refractivity contribution is 0.340. The number of hydrogen-bond acceptors (Lipinski definition) is 4. The van der Waals surface area contributed by atoms with Gasteiger partial charge in [-0.3, -0.25) is 4.72 Å². The molecule has 2 rings (SSSR count). The third kappa shape index (κ3) is 3.89. The largest absolute Gasteiger partial charge is 0.494 e. The van der Waals surface area contributed by atoms with E-state index in [0.29, 0.717) is 18.0 Å². The molecule has 0 amide bonds. The second kappa shape index (κ2) is 6.36. The summed E-state index contributed by atoms with van der Waals surface area (Å²) in [4.78, 5) is 0.0347. The lowest BCUT2D eigenvalue weighted by atomic mass is 10.3. The van der Waals surface area contributed by atoms with Crippen molar-refractivity contribution in [2.45, 2.75) is 11.8 Å². The van der Waals surface area contributed by atoms with E-state index in [-0.39, 0.29) is 10.6 Å². The van der Waals surface area contributed by atoms with E-state index in [1.807, 2.05) is 6.92 Å². The van der Waals surface area contributed by atoms with Crippen LogP contribution in [-0.4, -0.2) is 15.0 Å². The fraction of sp³-hybridized carbons (Fsp3) is 0.143. The molecule has 0 saturated carbocycles. The first-order valence-electron chi connectivity index (χ1n) is 6.23. The Kier molecular flexibility index (Phi) is 4.74. The highest BCUT2D eigenvalue weighted by atomic mass is 79.9. The zero-order valence-corrected chi connectivity index (χ0v) is 13.7. The number of rotatable bonds is 5. The van der Waals surface area contributed by atoms with E-state index >= 15 is 0 Å². The number of nitrogens with one attached hydrogen (secondary N) is 1. The van der Waals surface area contributed by atoms with E-state index in [1.54, 1.807) is 36.4 Å². The topological polar surface area (TPSA) is 81.4 Å². The molecule has 2 aromatic rings. The van der Waals surface area contributed by atoms with Gasteiger partial charge < -0.3 is 10.5 Å². The standard InChI is InChI=1S/C14H15BrN2O3S/c1-2-20-12-5-3-4-11(9-12)17-21(18,19)14-7-6-10(15)8-13(14)16/h3-9,17H,2,16H2,1H3. The van der Waals surface area contributed by atoms with Crippen molar-refractivity contribution in [3.05, 3.63) is 46.9 Å². The van der Waals surface area contributed by atoms with Gasteiger partial charge in [-0.2, -0.15) is 0 Å². The number of anilines is 2. The monoisotopic (exact) mass is 370 g/mol. The zero-order chi connectivity index (χ0) is 15.5. The van der Waals surface area contributed by atoms with E-state index in [9.17, 15) is 8.42 Å². The SMILES string of the molecule is CCOc1cccc(NS(=O)(=O)c2ccc(Br)cc2N)c1. The van der Waals surface area contributed by atoms with Gasteiger partial charge in [-0.05, 0) is 37.3 Å². The Morgan fingerprint density at radius 3 is 2.67 bits per heavy atom. The number of ether oxygens (including phenoxy) is 1. The number of nitrogens with two attached hydrogens (primary N) is 1. The van der Waals surface area contributed by atoms with Gasteiger partial charge in [-0.25, -0.2) is 8.42 Å². The Balaban J connectivity index is 2.31. The molecule has 0 aliphatic heterocycles. The molecular weight excluding hydrogens is 356 g/mol. The van der Waals surface area contributed by atoms with Gasteiger partial charge in [0.2, 0.25) is 0 Å². The Hall–Kier alpha value is -1.73. The van der Waals surface area contributed by atoms with Gasteiger partial charge in [-0.1, -0.05) is 22.0 Å². The summed E-state index contributed by atoms with van der Waals surface area (Å²) in [5.74, 6) is 0.599. The average Bonchev–Trinajstić information content (AvgIpc) is 2.38. The number of benzene rings is 2. The van der Waals surface area contributed by atoms with Gasteiger partial charge in [0.15, 0.2) is 0 Å². The number of halogens is 1. The molecule has 112 valence electrons. The smallest absolute Gasteiger partial charge is 0.263 e. The fourth-order valence-corrected chi connectivity index (χ4v) is 3.33. The second-order valence-electron chi connectivity index (χ2n) is 4.25. The predicted molar refractivity (Wildman–Crippen MR) is 87.0 cm³/mol. The van der Waals surface area contributed by atoms with E-state index in [0.717, 1.165) is 4.47 Å². The summed E-state index contributed by atoms with van der Waals surface area (Å²) in [5.41, 5.74) is 6.36. The Morgan fingerprint density at radius 2 is 2.00 bits per heavy atom. The van der Waals surface area contributed by atoms with Gasteiger partial charge >= 0.3 is 0 Å². The van der Waals surface area contributed by atoms with Crippen LogP contribution in [0, 0.1) is 0 Å². The molecule has 0 aromatic heterocycles. The van der Waals surface area contributed by atoms with Crippen LogP contribution in [0.4, 0.5) is 11.4 Å². The highest BCUT2D eigenvalue weighted by molar-refractivity contribution is 9.10. The summed E-state index contributed by atoms with van der Waals surface area (Å²) < 4.78 is 33.3. The molecule has 0 heterocycles. The van der Waals surface area contributed by atoms with Crippen molar-refractivity contribution in [3.63, 3.8) is 0 Å². The third-order valence-electron chi connectivity index (χ3n) is 2.66. The molecule has 3 N–H and O–H groups in total. The maximum absolute atomic E-state index is 12.4. The molecule has 0 radical (unpaired) electrons. The molecule has 0 aliphatic rings. The molecule has 0 fully saturated rings. The molecule has 0 saturated heterocycles. The number of nitrogen functional groups attached to an aromatic ring is 1. The minimum atomic E-state index is -3.74. The molecule has 5 nitrogen and oxygen atoms in total. The molecule has 0 atom stereocenters. The van der Waals surface area contributed by atoms with Crippen LogP contribution in [0.25, 0.3) is 0 Å². The van der Waals surface area contributed by atoms with Crippen LogP contribution < -0.4 is 15.2 Å². The molecule has 2 aromatic carbocycles. The van der Waals surface area contributed by atoms with Crippen LogP contribution in [0.5, 0.6) is 5.75 Å². The summed E-state index contributed by atoms with van der Waals surface area (Å²) >= 11 is 3.24. The minimum Gasteiger partial charge on any atom is -0.494 e. The maximum atomic E-state index is 12.4. The van der Waals surface area contributed by atoms with Gasteiger partial charge in [0.05, 0.1) is 18.0 Å². The summed E-state index contributed by atoms with van der Waals surface area (Å²) in [5, 5.41) is 0. The van der Waals surface area contributed by atoms with Crippen LogP contribution in [0.15, 0.2) is 51.8 Å². The first-order chi connectivity index (χ1) is 9.92. The third-order valence-corrected chi connectivity index (χ3v) is 4.61. The van der Waals surface area contributed by atoms with Crippen molar-refractivity contribution < 1.29 is 13.2 Å². The van der Waals surface area contributed by atoms with Gasteiger partial charge in [0.25, 0.3) is 10.0 Å². The van der Waals surface area contributed by atoms with E-state index in [4.69, 9.17) is 10.5 Å². The molecule has 0 spiro atoms. The van der Waals surface area contributed by atoms with Crippen LogP contribution in [0.1, 0.15) is 6.92 Å². The van der Waals surface area contributed by atoms with E-state index < -0.39 is 10.0 Å². The summed E-state index contributed by atoms with van der Waals surface area (Å²) in [6, 6.07) is 11.4. The zero-order valence-electron chi connectivity index (χ0n) is 11.3.